The number of amides is 2. The number of rotatable bonds is 1. The van der Waals surface area contributed by atoms with Crippen molar-refractivity contribution in [2.75, 3.05) is 26.2 Å². The van der Waals surface area contributed by atoms with Gasteiger partial charge in [0.15, 0.2) is 0 Å². The number of hydrogen-bond donors (Lipinski definition) is 1. The lowest BCUT2D eigenvalue weighted by atomic mass is 10.1. The van der Waals surface area contributed by atoms with Gasteiger partial charge >= 0.3 is 0 Å². The summed E-state index contributed by atoms with van der Waals surface area (Å²) in [5.74, 6) is -0.0943. The SMILES string of the molecule is O=C1CCC(C(=O)N2CCCN3CCCC3C2)=NN1. The second-order valence-electron chi connectivity index (χ2n) is 5.53. The summed E-state index contributed by atoms with van der Waals surface area (Å²) in [4.78, 5) is 27.9. The highest BCUT2D eigenvalue weighted by molar-refractivity contribution is 6.39. The molecule has 0 aromatic heterocycles. The smallest absolute Gasteiger partial charge is 0.270 e. The molecule has 6 heteroatoms. The zero-order valence-corrected chi connectivity index (χ0v) is 11.1. The summed E-state index contributed by atoms with van der Waals surface area (Å²) in [5.41, 5.74) is 2.91. The summed E-state index contributed by atoms with van der Waals surface area (Å²) in [5, 5.41) is 3.91. The zero-order chi connectivity index (χ0) is 13.2. The van der Waals surface area contributed by atoms with E-state index in [0.29, 0.717) is 24.6 Å². The Kier molecular flexibility index (Phi) is 3.50. The molecule has 3 aliphatic rings. The highest BCUT2D eigenvalue weighted by atomic mass is 16.2. The van der Waals surface area contributed by atoms with Gasteiger partial charge in [0.2, 0.25) is 5.91 Å². The Balaban J connectivity index is 1.67. The lowest BCUT2D eigenvalue weighted by Gasteiger charge is -2.26. The van der Waals surface area contributed by atoms with E-state index in [9.17, 15) is 9.59 Å². The van der Waals surface area contributed by atoms with Crippen LogP contribution in [-0.2, 0) is 9.59 Å². The van der Waals surface area contributed by atoms with E-state index in [1.54, 1.807) is 0 Å². The van der Waals surface area contributed by atoms with Crippen LogP contribution in [0.3, 0.4) is 0 Å². The molecule has 104 valence electrons. The van der Waals surface area contributed by atoms with Gasteiger partial charge in [-0.2, -0.15) is 5.10 Å². The molecule has 2 fully saturated rings. The number of nitrogens with one attached hydrogen (secondary N) is 1. The summed E-state index contributed by atoms with van der Waals surface area (Å²) in [6, 6.07) is 0.519. The Hall–Kier alpha value is -1.43. The van der Waals surface area contributed by atoms with E-state index >= 15 is 0 Å². The van der Waals surface area contributed by atoms with Crippen LogP contribution in [0.2, 0.25) is 0 Å². The molecule has 2 amide bonds. The third-order valence-corrected chi connectivity index (χ3v) is 4.24. The van der Waals surface area contributed by atoms with Crippen LogP contribution in [0.15, 0.2) is 5.10 Å². The van der Waals surface area contributed by atoms with E-state index in [1.165, 1.54) is 19.4 Å². The molecule has 0 aromatic rings. The van der Waals surface area contributed by atoms with Crippen LogP contribution in [0.5, 0.6) is 0 Å². The first kappa shape index (κ1) is 12.6. The largest absolute Gasteiger partial charge is 0.336 e. The lowest BCUT2D eigenvalue weighted by Crippen LogP contribution is -2.44. The predicted molar refractivity (Wildman–Crippen MR) is 70.6 cm³/mol. The molecule has 1 unspecified atom stereocenters. The molecule has 0 radical (unpaired) electrons. The molecule has 0 spiro atoms. The topological polar surface area (TPSA) is 65.0 Å². The molecule has 0 aromatic carbocycles. The van der Waals surface area contributed by atoms with Gasteiger partial charge in [0.25, 0.3) is 5.91 Å². The van der Waals surface area contributed by atoms with Crippen molar-refractivity contribution in [2.24, 2.45) is 5.10 Å². The van der Waals surface area contributed by atoms with Crippen LogP contribution < -0.4 is 5.43 Å². The number of carbonyl (C=O) groups is 2. The van der Waals surface area contributed by atoms with E-state index in [4.69, 9.17) is 0 Å². The third kappa shape index (κ3) is 2.63. The monoisotopic (exact) mass is 264 g/mol. The molecule has 2 saturated heterocycles. The number of hydrazone groups is 1. The molecule has 1 atom stereocenters. The second-order valence-corrected chi connectivity index (χ2v) is 5.53. The highest BCUT2D eigenvalue weighted by Gasteiger charge is 2.32. The van der Waals surface area contributed by atoms with Crippen molar-refractivity contribution in [1.82, 2.24) is 15.2 Å². The lowest BCUT2D eigenvalue weighted by molar-refractivity contribution is -0.124. The Bertz CT molecular complexity index is 421. The summed E-state index contributed by atoms with van der Waals surface area (Å²) < 4.78 is 0. The summed E-state index contributed by atoms with van der Waals surface area (Å²) in [6.07, 6.45) is 4.29. The molecule has 0 aliphatic carbocycles. The molecular formula is C13H20N4O2. The Morgan fingerprint density at radius 2 is 2.05 bits per heavy atom. The Morgan fingerprint density at radius 3 is 2.84 bits per heavy atom. The fourth-order valence-corrected chi connectivity index (χ4v) is 3.20. The quantitative estimate of drug-likeness (QED) is 0.722. The summed E-state index contributed by atoms with van der Waals surface area (Å²) in [7, 11) is 0. The standard InChI is InChI=1S/C13H20N4O2/c18-12-5-4-11(14-15-12)13(19)17-8-2-7-16-6-1-3-10(16)9-17/h10H,1-9H2,(H,15,18). The summed E-state index contributed by atoms with van der Waals surface area (Å²) >= 11 is 0. The average molecular weight is 264 g/mol. The first-order valence-electron chi connectivity index (χ1n) is 7.13. The number of nitrogens with zero attached hydrogens (tertiary/aromatic N) is 3. The zero-order valence-electron chi connectivity index (χ0n) is 11.1. The van der Waals surface area contributed by atoms with Crippen molar-refractivity contribution in [2.45, 2.75) is 38.1 Å². The minimum absolute atomic E-state index is 0.00810. The maximum absolute atomic E-state index is 12.4. The predicted octanol–water partition coefficient (Wildman–Crippen LogP) is -0.0509. The first-order valence-corrected chi connectivity index (χ1v) is 7.13. The van der Waals surface area contributed by atoms with Crippen molar-refractivity contribution < 1.29 is 9.59 Å². The van der Waals surface area contributed by atoms with Gasteiger partial charge in [-0.3, -0.25) is 14.5 Å². The maximum atomic E-state index is 12.4. The van der Waals surface area contributed by atoms with Crippen molar-refractivity contribution >= 4 is 17.5 Å². The van der Waals surface area contributed by atoms with Crippen LogP contribution in [0.25, 0.3) is 0 Å². The summed E-state index contributed by atoms with van der Waals surface area (Å²) in [6.45, 7) is 3.88. The van der Waals surface area contributed by atoms with Gasteiger partial charge in [0.05, 0.1) is 0 Å². The van der Waals surface area contributed by atoms with Gasteiger partial charge in [-0.05, 0) is 25.8 Å². The second kappa shape index (κ2) is 5.28. The molecule has 19 heavy (non-hydrogen) atoms. The van der Waals surface area contributed by atoms with Gasteiger partial charge in [0, 0.05) is 38.5 Å². The van der Waals surface area contributed by atoms with Crippen molar-refractivity contribution in [1.29, 1.82) is 0 Å². The van der Waals surface area contributed by atoms with Gasteiger partial charge < -0.3 is 4.90 Å². The Labute approximate surface area is 112 Å². The highest BCUT2D eigenvalue weighted by Crippen LogP contribution is 2.21. The van der Waals surface area contributed by atoms with Crippen LogP contribution in [0.1, 0.15) is 32.1 Å². The minimum atomic E-state index is -0.102. The van der Waals surface area contributed by atoms with E-state index in [1.807, 2.05) is 4.90 Å². The molecule has 3 rings (SSSR count). The van der Waals surface area contributed by atoms with Crippen molar-refractivity contribution in [3.8, 4) is 0 Å². The minimum Gasteiger partial charge on any atom is -0.336 e. The third-order valence-electron chi connectivity index (χ3n) is 4.24. The van der Waals surface area contributed by atoms with Crippen LogP contribution >= 0.6 is 0 Å². The molecule has 1 N–H and O–H groups in total. The van der Waals surface area contributed by atoms with Crippen LogP contribution in [0, 0.1) is 0 Å². The fourth-order valence-electron chi connectivity index (χ4n) is 3.20. The van der Waals surface area contributed by atoms with Crippen molar-refractivity contribution in [3.63, 3.8) is 0 Å². The van der Waals surface area contributed by atoms with Crippen LogP contribution in [0.4, 0.5) is 0 Å². The Morgan fingerprint density at radius 1 is 1.21 bits per heavy atom. The number of hydrogen-bond acceptors (Lipinski definition) is 4. The normalized spacial score (nSPS) is 28.4. The number of carbonyl (C=O) groups excluding carboxylic acids is 2. The molecule has 3 heterocycles. The van der Waals surface area contributed by atoms with E-state index in [0.717, 1.165) is 26.1 Å². The van der Waals surface area contributed by atoms with Gasteiger partial charge in [-0.15, -0.1) is 0 Å². The first-order chi connectivity index (χ1) is 9.24. The average Bonchev–Trinajstić information content (AvgIpc) is 2.76. The van der Waals surface area contributed by atoms with E-state index in [-0.39, 0.29) is 11.8 Å². The molecule has 3 aliphatic heterocycles. The van der Waals surface area contributed by atoms with E-state index in [2.05, 4.69) is 15.4 Å². The molecular weight excluding hydrogens is 244 g/mol. The van der Waals surface area contributed by atoms with Crippen molar-refractivity contribution in [3.05, 3.63) is 0 Å². The van der Waals surface area contributed by atoms with Gasteiger partial charge in [-0.25, -0.2) is 5.43 Å². The fraction of sp³-hybridized carbons (Fsp3) is 0.769. The van der Waals surface area contributed by atoms with Crippen LogP contribution in [-0.4, -0.2) is 59.5 Å². The van der Waals surface area contributed by atoms with E-state index < -0.39 is 0 Å². The van der Waals surface area contributed by atoms with Gasteiger partial charge in [0.1, 0.15) is 5.71 Å². The molecule has 6 nitrogen and oxygen atoms in total. The van der Waals surface area contributed by atoms with Gasteiger partial charge in [-0.1, -0.05) is 0 Å². The number of fused-ring (bicyclic) bond motifs is 1. The molecule has 0 bridgehead atoms. The maximum Gasteiger partial charge on any atom is 0.270 e. The molecule has 0 saturated carbocycles.